The summed E-state index contributed by atoms with van der Waals surface area (Å²) < 4.78 is 33.8. The van der Waals surface area contributed by atoms with Crippen molar-refractivity contribution in [3.05, 3.63) is 24.0 Å². The molecule has 0 heterocycles. The van der Waals surface area contributed by atoms with Gasteiger partial charge < -0.3 is 5.11 Å². The van der Waals surface area contributed by atoms with E-state index in [4.69, 9.17) is 5.11 Å². The van der Waals surface area contributed by atoms with Gasteiger partial charge in [-0.25, -0.2) is 17.9 Å². The molecule has 0 saturated carbocycles. The number of benzene rings is 1. The maximum Gasteiger partial charge on any atom is 0.238 e. The predicted molar refractivity (Wildman–Crippen MR) is 39.4 cm³/mol. The van der Waals surface area contributed by atoms with Crippen LogP contribution in [0.15, 0.2) is 23.1 Å². The zero-order valence-electron chi connectivity index (χ0n) is 5.86. The molecule has 0 aliphatic carbocycles. The molecule has 1 aromatic rings. The number of primary sulfonamides is 1. The normalized spacial score (nSPS) is 11.5. The van der Waals surface area contributed by atoms with Crippen molar-refractivity contribution in [2.75, 3.05) is 0 Å². The smallest absolute Gasteiger partial charge is 0.238 e. The van der Waals surface area contributed by atoms with Crippen molar-refractivity contribution in [2.24, 2.45) is 5.14 Å². The molecule has 0 aromatic heterocycles. The van der Waals surface area contributed by atoms with Crippen LogP contribution in [0.5, 0.6) is 5.75 Å². The molecule has 1 rings (SSSR count). The summed E-state index contributed by atoms with van der Waals surface area (Å²) in [7, 11) is -3.95. The lowest BCUT2D eigenvalue weighted by molar-refractivity contribution is 0.466. The minimum absolute atomic E-state index is 0.444. The molecule has 12 heavy (non-hydrogen) atoms. The van der Waals surface area contributed by atoms with E-state index < -0.39 is 26.5 Å². The third-order valence-electron chi connectivity index (χ3n) is 1.18. The summed E-state index contributed by atoms with van der Waals surface area (Å²) in [5, 5.41) is 13.5. The molecule has 0 aliphatic heterocycles. The second-order valence-corrected chi connectivity index (χ2v) is 3.75. The van der Waals surface area contributed by atoms with E-state index in [0.717, 1.165) is 18.2 Å². The zero-order chi connectivity index (χ0) is 9.35. The summed E-state index contributed by atoms with van der Waals surface area (Å²) in [6.07, 6.45) is 0. The Balaban J connectivity index is 3.37. The molecule has 3 N–H and O–H groups in total. The Labute approximate surface area is 68.5 Å². The Morgan fingerprint density at radius 3 is 2.33 bits per heavy atom. The quantitative estimate of drug-likeness (QED) is 0.664. The number of nitrogens with two attached hydrogens (primary N) is 1. The molecular weight excluding hydrogens is 185 g/mol. The molecular formula is C6H6FNO3S. The van der Waals surface area contributed by atoms with Crippen molar-refractivity contribution < 1.29 is 17.9 Å². The summed E-state index contributed by atoms with van der Waals surface area (Å²) in [5.41, 5.74) is 0. The minimum Gasteiger partial charge on any atom is -0.508 e. The highest BCUT2D eigenvalue weighted by molar-refractivity contribution is 7.89. The summed E-state index contributed by atoms with van der Waals surface area (Å²) in [6.45, 7) is 0. The van der Waals surface area contributed by atoms with Crippen LogP contribution in [0.2, 0.25) is 0 Å². The van der Waals surface area contributed by atoms with Crippen molar-refractivity contribution in [1.82, 2.24) is 0 Å². The van der Waals surface area contributed by atoms with Crippen molar-refractivity contribution in [3.8, 4) is 5.75 Å². The number of hydrogen-bond donors (Lipinski definition) is 2. The van der Waals surface area contributed by atoms with E-state index in [1.165, 1.54) is 0 Å². The van der Waals surface area contributed by atoms with E-state index in [1.54, 1.807) is 0 Å². The molecule has 0 saturated heterocycles. The van der Waals surface area contributed by atoms with Crippen molar-refractivity contribution in [3.63, 3.8) is 0 Å². The van der Waals surface area contributed by atoms with Gasteiger partial charge in [-0.05, 0) is 6.07 Å². The van der Waals surface area contributed by atoms with Gasteiger partial charge >= 0.3 is 0 Å². The average molecular weight is 191 g/mol. The third-order valence-corrected chi connectivity index (χ3v) is 2.08. The van der Waals surface area contributed by atoms with Crippen LogP contribution in [0.4, 0.5) is 4.39 Å². The highest BCUT2D eigenvalue weighted by Gasteiger charge is 2.09. The number of aromatic hydroxyl groups is 1. The largest absolute Gasteiger partial charge is 0.508 e. The van der Waals surface area contributed by atoms with Crippen LogP contribution in [0.25, 0.3) is 0 Å². The van der Waals surface area contributed by atoms with Gasteiger partial charge in [0, 0.05) is 12.1 Å². The second kappa shape index (κ2) is 2.72. The number of hydrogen-bond acceptors (Lipinski definition) is 3. The lowest BCUT2D eigenvalue weighted by Crippen LogP contribution is -2.12. The highest BCUT2D eigenvalue weighted by atomic mass is 32.2. The van der Waals surface area contributed by atoms with Gasteiger partial charge in [0.05, 0.1) is 4.90 Å². The molecule has 66 valence electrons. The summed E-state index contributed by atoms with van der Waals surface area (Å²) in [4.78, 5) is -0.444. The molecule has 0 atom stereocenters. The summed E-state index contributed by atoms with van der Waals surface area (Å²) in [5.74, 6) is -1.32. The zero-order valence-corrected chi connectivity index (χ0v) is 6.68. The number of phenolic OH excluding ortho intramolecular Hbond substituents is 1. The lowest BCUT2D eigenvalue weighted by atomic mass is 10.3. The molecule has 0 fully saturated rings. The predicted octanol–water partition coefficient (Wildman–Crippen LogP) is 0.179. The van der Waals surface area contributed by atoms with Crippen LogP contribution in [0, 0.1) is 5.82 Å². The van der Waals surface area contributed by atoms with E-state index in [1.807, 2.05) is 0 Å². The Morgan fingerprint density at radius 2 is 1.92 bits per heavy atom. The molecule has 0 aliphatic rings. The fourth-order valence-electron chi connectivity index (χ4n) is 0.712. The minimum atomic E-state index is -3.95. The molecule has 0 unspecified atom stereocenters. The van der Waals surface area contributed by atoms with Gasteiger partial charge in [0.25, 0.3) is 0 Å². The highest BCUT2D eigenvalue weighted by Crippen LogP contribution is 2.17. The van der Waals surface area contributed by atoms with Crippen LogP contribution in [-0.2, 0) is 10.0 Å². The lowest BCUT2D eigenvalue weighted by Gasteiger charge is -1.98. The van der Waals surface area contributed by atoms with E-state index >= 15 is 0 Å². The molecule has 6 heteroatoms. The van der Waals surface area contributed by atoms with Crippen LogP contribution in [-0.4, -0.2) is 13.5 Å². The van der Waals surface area contributed by atoms with Crippen LogP contribution < -0.4 is 5.14 Å². The van der Waals surface area contributed by atoms with Crippen LogP contribution >= 0.6 is 0 Å². The van der Waals surface area contributed by atoms with Gasteiger partial charge in [-0.1, -0.05) is 0 Å². The monoisotopic (exact) mass is 191 g/mol. The number of halogens is 1. The third kappa shape index (κ3) is 1.93. The van der Waals surface area contributed by atoms with E-state index in [-0.39, 0.29) is 0 Å². The van der Waals surface area contributed by atoms with Crippen LogP contribution in [0.3, 0.4) is 0 Å². The molecule has 0 radical (unpaired) electrons. The van der Waals surface area contributed by atoms with Gasteiger partial charge in [-0.3, -0.25) is 0 Å². The molecule has 1 aromatic carbocycles. The number of sulfonamides is 1. The maximum absolute atomic E-state index is 12.5. The van der Waals surface area contributed by atoms with Gasteiger partial charge in [0.15, 0.2) is 0 Å². The first-order chi connectivity index (χ1) is 5.39. The van der Waals surface area contributed by atoms with E-state index in [9.17, 15) is 12.8 Å². The molecule has 0 spiro atoms. The van der Waals surface area contributed by atoms with Crippen molar-refractivity contribution in [2.45, 2.75) is 4.90 Å². The van der Waals surface area contributed by atoms with Gasteiger partial charge in [0.1, 0.15) is 11.6 Å². The Hall–Kier alpha value is -1.14. The van der Waals surface area contributed by atoms with E-state index in [0.29, 0.717) is 0 Å². The SMILES string of the molecule is NS(=O)(=O)c1cc(O)cc(F)c1. The molecule has 0 bridgehead atoms. The summed E-state index contributed by atoms with van der Waals surface area (Å²) >= 11 is 0. The first-order valence-electron chi connectivity index (χ1n) is 2.92. The van der Waals surface area contributed by atoms with Crippen molar-refractivity contribution >= 4 is 10.0 Å². The molecule has 4 nitrogen and oxygen atoms in total. The first kappa shape index (κ1) is 8.95. The van der Waals surface area contributed by atoms with Crippen molar-refractivity contribution in [1.29, 1.82) is 0 Å². The molecule has 0 amide bonds. The van der Waals surface area contributed by atoms with Gasteiger partial charge in [0.2, 0.25) is 10.0 Å². The maximum atomic E-state index is 12.5. The fraction of sp³-hybridized carbons (Fsp3) is 0. The first-order valence-corrected chi connectivity index (χ1v) is 4.46. The number of phenols is 1. The standard InChI is InChI=1S/C6H6FNO3S/c7-4-1-5(9)3-6(2-4)12(8,10)11/h1-3,9H,(H2,8,10,11). The van der Waals surface area contributed by atoms with Gasteiger partial charge in [-0.2, -0.15) is 0 Å². The summed E-state index contributed by atoms with van der Waals surface area (Å²) in [6, 6.07) is 2.39. The topological polar surface area (TPSA) is 80.4 Å². The average Bonchev–Trinajstić information content (AvgIpc) is 1.82. The Kier molecular flexibility index (Phi) is 2.03. The number of rotatable bonds is 1. The Bertz CT molecular complexity index is 381. The fourth-order valence-corrected chi connectivity index (χ4v) is 1.27. The van der Waals surface area contributed by atoms with E-state index in [2.05, 4.69) is 5.14 Å². The van der Waals surface area contributed by atoms with Crippen LogP contribution in [0.1, 0.15) is 0 Å². The Morgan fingerprint density at radius 1 is 1.33 bits per heavy atom. The second-order valence-electron chi connectivity index (χ2n) is 2.19. The van der Waals surface area contributed by atoms with Gasteiger partial charge in [-0.15, -0.1) is 0 Å².